The smallest absolute Gasteiger partial charge is 0.341 e. The van der Waals surface area contributed by atoms with E-state index in [0.717, 1.165) is 5.56 Å². The number of rotatable bonds is 8. The third-order valence-corrected chi connectivity index (χ3v) is 4.39. The van der Waals surface area contributed by atoms with Crippen LogP contribution in [0.4, 0.5) is 5.69 Å². The molecule has 2 aromatic carbocycles. The minimum Gasteiger partial charge on any atom is -0.482 e. The van der Waals surface area contributed by atoms with Crippen LogP contribution in [0.5, 0.6) is 11.5 Å². The molecule has 2 N–H and O–H groups in total. The molecule has 1 unspecified atom stereocenters. The van der Waals surface area contributed by atoms with Crippen molar-refractivity contribution in [3.8, 4) is 11.5 Å². The first-order chi connectivity index (χ1) is 13.9. The van der Waals surface area contributed by atoms with E-state index in [1.165, 1.54) is 0 Å². The van der Waals surface area contributed by atoms with E-state index >= 15 is 0 Å². The zero-order chi connectivity index (χ0) is 20.8. The second-order valence-electron chi connectivity index (χ2n) is 6.57. The Bertz CT molecular complexity index is 914. The predicted octanol–water partition coefficient (Wildman–Crippen LogP) is 1.97. The van der Waals surface area contributed by atoms with E-state index in [1.54, 1.807) is 48.2 Å². The van der Waals surface area contributed by atoms with Crippen LogP contribution in [0, 0.1) is 0 Å². The maximum absolute atomic E-state index is 12.4. The van der Waals surface area contributed by atoms with Gasteiger partial charge in [0.25, 0.3) is 5.91 Å². The normalized spacial score (nSPS) is 15.3. The highest BCUT2D eigenvalue weighted by Gasteiger charge is 2.31. The largest absolute Gasteiger partial charge is 0.482 e. The molecule has 1 atom stereocenters. The molecule has 0 saturated heterocycles. The Morgan fingerprint density at radius 2 is 2.00 bits per heavy atom. The molecule has 0 aliphatic carbocycles. The van der Waals surface area contributed by atoms with Gasteiger partial charge < -0.3 is 24.8 Å². The second kappa shape index (κ2) is 9.09. The fourth-order valence-electron chi connectivity index (χ4n) is 2.98. The van der Waals surface area contributed by atoms with E-state index in [4.69, 9.17) is 14.6 Å². The molecule has 8 nitrogen and oxygen atoms in total. The number of amides is 2. The number of carboxylic acids is 1. The molecule has 0 saturated carbocycles. The minimum absolute atomic E-state index is 0.141. The summed E-state index contributed by atoms with van der Waals surface area (Å²) in [7, 11) is 0. The van der Waals surface area contributed by atoms with Crippen LogP contribution in [0.2, 0.25) is 0 Å². The number of ether oxygens (including phenoxy) is 2. The topological polar surface area (TPSA) is 105 Å². The van der Waals surface area contributed by atoms with Gasteiger partial charge in [-0.2, -0.15) is 0 Å². The van der Waals surface area contributed by atoms with E-state index in [9.17, 15) is 14.4 Å². The Balaban J connectivity index is 1.53. The van der Waals surface area contributed by atoms with Crippen LogP contribution in [0.15, 0.2) is 48.5 Å². The van der Waals surface area contributed by atoms with Crippen molar-refractivity contribution in [1.29, 1.82) is 0 Å². The molecule has 1 aliphatic rings. The number of anilines is 1. The fourth-order valence-corrected chi connectivity index (χ4v) is 2.98. The maximum atomic E-state index is 12.4. The van der Waals surface area contributed by atoms with Gasteiger partial charge in [0.05, 0.1) is 5.69 Å². The summed E-state index contributed by atoms with van der Waals surface area (Å²) < 4.78 is 10.7. The van der Waals surface area contributed by atoms with Gasteiger partial charge in [-0.3, -0.25) is 9.59 Å². The van der Waals surface area contributed by atoms with Gasteiger partial charge in [-0.25, -0.2) is 4.79 Å². The summed E-state index contributed by atoms with van der Waals surface area (Å²) in [5, 5.41) is 11.5. The van der Waals surface area contributed by atoms with Gasteiger partial charge in [-0.1, -0.05) is 24.3 Å². The summed E-state index contributed by atoms with van der Waals surface area (Å²) in [6, 6.07) is 14.1. The molecule has 2 amide bonds. The van der Waals surface area contributed by atoms with Crippen LogP contribution < -0.4 is 19.7 Å². The Hall–Kier alpha value is -3.55. The summed E-state index contributed by atoms with van der Waals surface area (Å²) in [5.74, 6) is -0.398. The SMILES string of the molecule is CC1Oc2ccccc2N(CCC(=O)NCc2cccc(OCC(=O)O)c2)C1=O. The molecule has 29 heavy (non-hydrogen) atoms. The van der Waals surface area contributed by atoms with Crippen molar-refractivity contribution >= 4 is 23.5 Å². The number of para-hydroxylation sites is 2. The zero-order valence-electron chi connectivity index (χ0n) is 16.0. The first kappa shape index (κ1) is 20.2. The molecule has 0 spiro atoms. The van der Waals surface area contributed by atoms with Crippen molar-refractivity contribution < 1.29 is 29.0 Å². The van der Waals surface area contributed by atoms with E-state index in [1.807, 2.05) is 12.1 Å². The summed E-state index contributed by atoms with van der Waals surface area (Å²) in [6.45, 7) is 1.78. The lowest BCUT2D eigenvalue weighted by Gasteiger charge is -2.32. The molecule has 0 fully saturated rings. The zero-order valence-corrected chi connectivity index (χ0v) is 16.0. The molecular formula is C21H22N2O6. The predicted molar refractivity (Wildman–Crippen MR) is 105 cm³/mol. The Morgan fingerprint density at radius 1 is 1.21 bits per heavy atom. The number of carbonyl (C=O) groups is 3. The summed E-state index contributed by atoms with van der Waals surface area (Å²) >= 11 is 0. The summed E-state index contributed by atoms with van der Waals surface area (Å²) in [5.41, 5.74) is 1.44. The van der Waals surface area contributed by atoms with Gasteiger partial charge in [0, 0.05) is 19.5 Å². The van der Waals surface area contributed by atoms with E-state index in [0.29, 0.717) is 17.2 Å². The van der Waals surface area contributed by atoms with Gasteiger partial charge in [0.1, 0.15) is 11.5 Å². The third kappa shape index (κ3) is 5.25. The number of aliphatic carboxylic acids is 1. The molecule has 152 valence electrons. The number of hydrogen-bond donors (Lipinski definition) is 2. The quantitative estimate of drug-likeness (QED) is 0.704. The van der Waals surface area contributed by atoms with Gasteiger partial charge in [0.2, 0.25) is 5.91 Å². The molecule has 0 radical (unpaired) electrons. The molecule has 1 heterocycles. The third-order valence-electron chi connectivity index (χ3n) is 4.39. The van der Waals surface area contributed by atoms with Gasteiger partial charge in [-0.15, -0.1) is 0 Å². The summed E-state index contributed by atoms with van der Waals surface area (Å²) in [6.07, 6.45) is -0.455. The molecule has 3 rings (SSSR count). The van der Waals surface area contributed by atoms with Crippen LogP contribution in [0.1, 0.15) is 18.9 Å². The number of nitrogens with zero attached hydrogens (tertiary/aromatic N) is 1. The van der Waals surface area contributed by atoms with Crippen LogP contribution in [0.25, 0.3) is 0 Å². The number of nitrogens with one attached hydrogen (secondary N) is 1. The highest BCUT2D eigenvalue weighted by atomic mass is 16.5. The number of carbonyl (C=O) groups excluding carboxylic acids is 2. The van der Waals surface area contributed by atoms with Gasteiger partial charge >= 0.3 is 5.97 Å². The minimum atomic E-state index is -1.06. The van der Waals surface area contributed by atoms with E-state index in [-0.39, 0.29) is 31.3 Å². The van der Waals surface area contributed by atoms with Crippen LogP contribution in [-0.2, 0) is 20.9 Å². The van der Waals surface area contributed by atoms with E-state index < -0.39 is 18.7 Å². The monoisotopic (exact) mass is 398 g/mol. The van der Waals surface area contributed by atoms with Crippen molar-refractivity contribution in [2.45, 2.75) is 26.0 Å². The first-order valence-corrected chi connectivity index (χ1v) is 9.21. The molecule has 1 aliphatic heterocycles. The molecular weight excluding hydrogens is 376 g/mol. The van der Waals surface area contributed by atoms with Crippen molar-refractivity contribution in [2.75, 3.05) is 18.1 Å². The number of carboxylic acid groups (broad SMARTS) is 1. The Morgan fingerprint density at radius 3 is 2.79 bits per heavy atom. The highest BCUT2D eigenvalue weighted by Crippen LogP contribution is 2.33. The average Bonchev–Trinajstić information content (AvgIpc) is 2.71. The highest BCUT2D eigenvalue weighted by molar-refractivity contribution is 6.00. The van der Waals surface area contributed by atoms with Crippen LogP contribution in [0.3, 0.4) is 0 Å². The molecule has 8 heteroatoms. The van der Waals surface area contributed by atoms with Crippen LogP contribution in [-0.4, -0.2) is 42.1 Å². The molecule has 2 aromatic rings. The van der Waals surface area contributed by atoms with Crippen molar-refractivity contribution in [3.05, 3.63) is 54.1 Å². The van der Waals surface area contributed by atoms with Crippen molar-refractivity contribution in [2.24, 2.45) is 0 Å². The lowest BCUT2D eigenvalue weighted by Crippen LogP contribution is -2.45. The fraction of sp³-hybridized carbons (Fsp3) is 0.286. The molecule has 0 aromatic heterocycles. The first-order valence-electron chi connectivity index (χ1n) is 9.21. The van der Waals surface area contributed by atoms with Crippen molar-refractivity contribution in [3.63, 3.8) is 0 Å². The second-order valence-corrected chi connectivity index (χ2v) is 6.57. The number of fused-ring (bicyclic) bond motifs is 1. The molecule has 0 bridgehead atoms. The Kier molecular flexibility index (Phi) is 6.33. The van der Waals surface area contributed by atoms with Gasteiger partial charge in [0.15, 0.2) is 12.7 Å². The summed E-state index contributed by atoms with van der Waals surface area (Å²) in [4.78, 5) is 36.9. The standard InChI is InChI=1S/C21H22N2O6/c1-14-21(27)23(17-7-2-3-8-18(17)29-14)10-9-19(24)22-12-15-5-4-6-16(11-15)28-13-20(25)26/h2-8,11,14H,9-10,12-13H2,1H3,(H,22,24)(H,25,26). The maximum Gasteiger partial charge on any atom is 0.341 e. The average molecular weight is 398 g/mol. The van der Waals surface area contributed by atoms with E-state index in [2.05, 4.69) is 5.32 Å². The van der Waals surface area contributed by atoms with Crippen LogP contribution >= 0.6 is 0 Å². The lowest BCUT2D eigenvalue weighted by atomic mass is 10.1. The number of benzene rings is 2. The Labute approximate surface area is 168 Å². The lowest BCUT2D eigenvalue weighted by molar-refractivity contribution is -0.139. The van der Waals surface area contributed by atoms with Gasteiger partial charge in [-0.05, 0) is 36.8 Å². The number of hydrogen-bond acceptors (Lipinski definition) is 5. The van der Waals surface area contributed by atoms with Crippen molar-refractivity contribution in [1.82, 2.24) is 5.32 Å².